The number of esters is 1. The Morgan fingerprint density at radius 1 is 1.20 bits per heavy atom. The SMILES string of the molecule is CC(F)CCCCCCCCCOC(=O)c1cccs1. The highest BCUT2D eigenvalue weighted by atomic mass is 32.1. The van der Waals surface area contributed by atoms with Crippen molar-refractivity contribution in [3.05, 3.63) is 22.4 Å². The van der Waals surface area contributed by atoms with Crippen molar-refractivity contribution >= 4 is 17.3 Å². The number of alkyl halides is 1. The van der Waals surface area contributed by atoms with Crippen LogP contribution in [0.2, 0.25) is 0 Å². The molecule has 0 aliphatic rings. The molecule has 20 heavy (non-hydrogen) atoms. The van der Waals surface area contributed by atoms with E-state index in [1.54, 1.807) is 13.0 Å². The highest BCUT2D eigenvalue weighted by Gasteiger charge is 2.06. The molecular formula is C16H25FO2S. The van der Waals surface area contributed by atoms with Crippen molar-refractivity contribution in [3.8, 4) is 0 Å². The maximum absolute atomic E-state index is 12.5. The van der Waals surface area contributed by atoms with Crippen LogP contribution in [-0.4, -0.2) is 18.7 Å². The molecule has 1 unspecified atom stereocenters. The molecule has 0 radical (unpaired) electrons. The normalized spacial score (nSPS) is 12.3. The number of rotatable bonds is 11. The van der Waals surface area contributed by atoms with Gasteiger partial charge in [-0.25, -0.2) is 9.18 Å². The molecule has 1 aromatic rings. The number of halogens is 1. The van der Waals surface area contributed by atoms with Crippen LogP contribution in [0, 0.1) is 0 Å². The first-order valence-electron chi connectivity index (χ1n) is 7.55. The summed E-state index contributed by atoms with van der Waals surface area (Å²) < 4.78 is 17.7. The van der Waals surface area contributed by atoms with Crippen molar-refractivity contribution in [2.24, 2.45) is 0 Å². The van der Waals surface area contributed by atoms with E-state index in [1.807, 2.05) is 11.4 Å². The zero-order valence-electron chi connectivity index (χ0n) is 12.3. The summed E-state index contributed by atoms with van der Waals surface area (Å²) in [6.07, 6.45) is 7.72. The molecule has 1 atom stereocenters. The van der Waals surface area contributed by atoms with Crippen molar-refractivity contribution in [1.82, 2.24) is 0 Å². The fourth-order valence-electron chi connectivity index (χ4n) is 2.04. The van der Waals surface area contributed by atoms with Crippen LogP contribution in [0.15, 0.2) is 17.5 Å². The van der Waals surface area contributed by atoms with E-state index < -0.39 is 6.17 Å². The number of hydrogen-bond donors (Lipinski definition) is 0. The highest BCUT2D eigenvalue weighted by Crippen LogP contribution is 2.12. The molecule has 0 aliphatic carbocycles. The topological polar surface area (TPSA) is 26.3 Å². The van der Waals surface area contributed by atoms with Crippen LogP contribution in [0.3, 0.4) is 0 Å². The fraction of sp³-hybridized carbons (Fsp3) is 0.688. The van der Waals surface area contributed by atoms with Crippen LogP contribution >= 0.6 is 11.3 Å². The Balaban J connectivity index is 1.84. The predicted octanol–water partition coefficient (Wildman–Crippen LogP) is 5.38. The van der Waals surface area contributed by atoms with Crippen molar-refractivity contribution in [2.45, 2.75) is 64.5 Å². The Hall–Kier alpha value is -0.900. The smallest absolute Gasteiger partial charge is 0.348 e. The van der Waals surface area contributed by atoms with Crippen LogP contribution in [0.4, 0.5) is 4.39 Å². The second-order valence-corrected chi connectivity index (χ2v) is 6.11. The second-order valence-electron chi connectivity index (χ2n) is 5.16. The molecule has 1 heterocycles. The van der Waals surface area contributed by atoms with Crippen LogP contribution in [0.1, 0.15) is 68.0 Å². The Morgan fingerprint density at radius 3 is 2.45 bits per heavy atom. The van der Waals surface area contributed by atoms with Crippen molar-refractivity contribution < 1.29 is 13.9 Å². The third-order valence-corrected chi connectivity index (χ3v) is 4.05. The van der Waals surface area contributed by atoms with E-state index in [0.717, 1.165) is 25.7 Å². The fourth-order valence-corrected chi connectivity index (χ4v) is 2.66. The van der Waals surface area contributed by atoms with Crippen LogP contribution in [-0.2, 0) is 4.74 Å². The quantitative estimate of drug-likeness (QED) is 0.405. The molecule has 1 rings (SSSR count). The lowest BCUT2D eigenvalue weighted by Gasteiger charge is -2.04. The average Bonchev–Trinajstić information content (AvgIpc) is 2.94. The van der Waals surface area contributed by atoms with Gasteiger partial charge in [-0.1, -0.05) is 44.6 Å². The van der Waals surface area contributed by atoms with E-state index in [1.165, 1.54) is 30.6 Å². The van der Waals surface area contributed by atoms with Crippen LogP contribution in [0.25, 0.3) is 0 Å². The monoisotopic (exact) mass is 300 g/mol. The summed E-state index contributed by atoms with van der Waals surface area (Å²) in [5, 5.41) is 1.88. The molecule has 0 saturated carbocycles. The Bertz CT molecular complexity index is 349. The summed E-state index contributed by atoms with van der Waals surface area (Å²) in [7, 11) is 0. The summed E-state index contributed by atoms with van der Waals surface area (Å²) >= 11 is 1.41. The minimum absolute atomic E-state index is 0.208. The molecular weight excluding hydrogens is 275 g/mol. The lowest BCUT2D eigenvalue weighted by atomic mass is 10.1. The third-order valence-electron chi connectivity index (χ3n) is 3.20. The number of thiophene rings is 1. The lowest BCUT2D eigenvalue weighted by Crippen LogP contribution is -2.04. The minimum Gasteiger partial charge on any atom is -0.462 e. The molecule has 0 aliphatic heterocycles. The number of hydrogen-bond acceptors (Lipinski definition) is 3. The van der Waals surface area contributed by atoms with Gasteiger partial charge in [-0.15, -0.1) is 11.3 Å². The first-order valence-corrected chi connectivity index (χ1v) is 8.43. The molecule has 4 heteroatoms. The van der Waals surface area contributed by atoms with Gasteiger partial charge in [0, 0.05) is 0 Å². The number of unbranched alkanes of at least 4 members (excludes halogenated alkanes) is 6. The van der Waals surface area contributed by atoms with E-state index in [4.69, 9.17) is 4.74 Å². The van der Waals surface area contributed by atoms with Gasteiger partial charge in [0.2, 0.25) is 0 Å². The number of ether oxygens (including phenoxy) is 1. The van der Waals surface area contributed by atoms with Crippen LogP contribution < -0.4 is 0 Å². The summed E-state index contributed by atoms with van der Waals surface area (Å²) in [4.78, 5) is 12.2. The summed E-state index contributed by atoms with van der Waals surface area (Å²) in [5.74, 6) is -0.208. The first-order chi connectivity index (χ1) is 9.70. The zero-order valence-corrected chi connectivity index (χ0v) is 13.1. The van der Waals surface area contributed by atoms with E-state index in [-0.39, 0.29) is 5.97 Å². The molecule has 0 saturated heterocycles. The molecule has 2 nitrogen and oxygen atoms in total. The van der Waals surface area contributed by atoms with Crippen molar-refractivity contribution in [3.63, 3.8) is 0 Å². The lowest BCUT2D eigenvalue weighted by molar-refractivity contribution is 0.0503. The van der Waals surface area contributed by atoms with E-state index >= 15 is 0 Å². The maximum Gasteiger partial charge on any atom is 0.348 e. The molecule has 0 spiro atoms. The standard InChI is InChI=1S/C16H25FO2S/c1-14(17)10-7-5-3-2-4-6-8-12-19-16(18)15-11-9-13-20-15/h9,11,13-14H,2-8,10,12H2,1H3. The second kappa shape index (κ2) is 10.8. The van der Waals surface area contributed by atoms with E-state index in [0.29, 0.717) is 17.9 Å². The molecule has 0 amide bonds. The molecule has 114 valence electrons. The van der Waals surface area contributed by atoms with Crippen LogP contribution in [0.5, 0.6) is 0 Å². The third kappa shape index (κ3) is 8.31. The minimum atomic E-state index is -0.659. The Morgan fingerprint density at radius 2 is 1.85 bits per heavy atom. The van der Waals surface area contributed by atoms with Gasteiger partial charge in [-0.05, 0) is 31.2 Å². The molecule has 0 aromatic carbocycles. The van der Waals surface area contributed by atoms with Gasteiger partial charge < -0.3 is 4.74 Å². The Labute approximate surface area is 125 Å². The molecule has 0 bridgehead atoms. The zero-order chi connectivity index (χ0) is 14.6. The van der Waals surface area contributed by atoms with Crippen molar-refractivity contribution in [1.29, 1.82) is 0 Å². The summed E-state index contributed by atoms with van der Waals surface area (Å²) in [5.41, 5.74) is 0. The van der Waals surface area contributed by atoms with E-state index in [2.05, 4.69) is 0 Å². The molecule has 0 fully saturated rings. The van der Waals surface area contributed by atoms with E-state index in [9.17, 15) is 9.18 Å². The van der Waals surface area contributed by atoms with Gasteiger partial charge in [-0.3, -0.25) is 0 Å². The highest BCUT2D eigenvalue weighted by molar-refractivity contribution is 7.11. The summed E-state index contributed by atoms with van der Waals surface area (Å²) in [6.45, 7) is 2.13. The predicted molar refractivity (Wildman–Crippen MR) is 82.1 cm³/mol. The first kappa shape index (κ1) is 17.2. The van der Waals surface area contributed by atoms with Gasteiger partial charge in [0.25, 0.3) is 0 Å². The van der Waals surface area contributed by atoms with Gasteiger partial charge in [-0.2, -0.15) is 0 Å². The number of carbonyl (C=O) groups excluding carboxylic acids is 1. The molecule has 1 aromatic heterocycles. The van der Waals surface area contributed by atoms with Gasteiger partial charge in [0.1, 0.15) is 4.88 Å². The maximum atomic E-state index is 12.5. The Kier molecular flexibility index (Phi) is 9.29. The van der Waals surface area contributed by atoms with Gasteiger partial charge in [0.15, 0.2) is 0 Å². The average molecular weight is 300 g/mol. The largest absolute Gasteiger partial charge is 0.462 e. The van der Waals surface area contributed by atoms with Crippen molar-refractivity contribution in [2.75, 3.05) is 6.61 Å². The van der Waals surface area contributed by atoms with Gasteiger partial charge >= 0.3 is 5.97 Å². The molecule has 0 N–H and O–H groups in total. The number of carbonyl (C=O) groups is 1. The van der Waals surface area contributed by atoms with Gasteiger partial charge in [0.05, 0.1) is 12.8 Å². The summed E-state index contributed by atoms with van der Waals surface area (Å²) in [6, 6.07) is 3.64.